The van der Waals surface area contributed by atoms with Crippen molar-refractivity contribution in [2.24, 2.45) is 0 Å². The lowest BCUT2D eigenvalue weighted by Crippen LogP contribution is -2.35. The Labute approximate surface area is 179 Å². The summed E-state index contributed by atoms with van der Waals surface area (Å²) >= 11 is 7.70. The quantitative estimate of drug-likeness (QED) is 0.527. The van der Waals surface area contributed by atoms with E-state index in [1.807, 2.05) is 30.3 Å². The summed E-state index contributed by atoms with van der Waals surface area (Å²) in [5.41, 5.74) is 0.623. The fourth-order valence-corrected chi connectivity index (χ4v) is 4.56. The molecule has 0 bridgehead atoms. The van der Waals surface area contributed by atoms with Crippen molar-refractivity contribution in [3.8, 4) is 0 Å². The number of nitrogens with zero attached hydrogens (tertiary/aromatic N) is 2. The Kier molecular flexibility index (Phi) is 5.50. The van der Waals surface area contributed by atoms with Crippen LogP contribution in [0.25, 0.3) is 0 Å². The largest absolute Gasteiger partial charge is 0.410 e. The number of thiophene rings is 1. The summed E-state index contributed by atoms with van der Waals surface area (Å²) in [6.45, 7) is 1.78. The standard InChI is InChI=1S/C20H18ClF3N4OS/c1-11(12-6-3-2-4-7-12)25-19(29)17-16(21)18-26-13(14-8-5-9-30-14)10-15(20(22,23)24)28(18)27-17/h2-9,11,13,15,26H,10H2,1H3,(H,25,29)/t11-,13+,15+/m0/s1. The van der Waals surface area contributed by atoms with Gasteiger partial charge in [0.05, 0.1) is 12.1 Å². The Morgan fingerprint density at radius 2 is 2.03 bits per heavy atom. The van der Waals surface area contributed by atoms with Crippen LogP contribution in [0.4, 0.5) is 19.0 Å². The summed E-state index contributed by atoms with van der Waals surface area (Å²) in [5.74, 6) is -0.630. The number of nitrogens with one attached hydrogen (secondary N) is 2. The van der Waals surface area contributed by atoms with Crippen LogP contribution < -0.4 is 10.6 Å². The molecule has 4 rings (SSSR count). The zero-order valence-corrected chi connectivity index (χ0v) is 17.4. The molecule has 2 N–H and O–H groups in total. The van der Waals surface area contributed by atoms with E-state index in [1.54, 1.807) is 24.4 Å². The average molecular weight is 455 g/mol. The molecular formula is C20H18ClF3N4OS. The molecule has 0 aliphatic carbocycles. The van der Waals surface area contributed by atoms with E-state index >= 15 is 0 Å². The Morgan fingerprint density at radius 1 is 1.30 bits per heavy atom. The summed E-state index contributed by atoms with van der Waals surface area (Å²) in [6, 6.07) is 9.95. The second kappa shape index (κ2) is 7.96. The van der Waals surface area contributed by atoms with E-state index in [1.165, 1.54) is 11.3 Å². The maximum Gasteiger partial charge on any atom is 0.410 e. The second-order valence-electron chi connectivity index (χ2n) is 7.07. The number of aromatic nitrogens is 2. The monoisotopic (exact) mass is 454 g/mol. The lowest BCUT2D eigenvalue weighted by molar-refractivity contribution is -0.173. The van der Waals surface area contributed by atoms with Gasteiger partial charge in [-0.25, -0.2) is 4.68 Å². The zero-order valence-electron chi connectivity index (χ0n) is 15.8. The average Bonchev–Trinajstić information content (AvgIpc) is 3.36. The van der Waals surface area contributed by atoms with Crippen LogP contribution in [-0.2, 0) is 0 Å². The van der Waals surface area contributed by atoms with Gasteiger partial charge in [-0.3, -0.25) is 4.79 Å². The number of fused-ring (bicyclic) bond motifs is 1. The Balaban J connectivity index is 1.65. The molecule has 5 nitrogen and oxygen atoms in total. The molecule has 3 heterocycles. The highest BCUT2D eigenvalue weighted by atomic mass is 35.5. The first-order valence-corrected chi connectivity index (χ1v) is 10.5. The molecule has 158 valence electrons. The van der Waals surface area contributed by atoms with Crippen LogP contribution in [0.2, 0.25) is 5.02 Å². The maximum absolute atomic E-state index is 13.8. The third kappa shape index (κ3) is 3.91. The van der Waals surface area contributed by atoms with Crippen LogP contribution in [-0.4, -0.2) is 21.9 Å². The minimum Gasteiger partial charge on any atom is -0.361 e. The summed E-state index contributed by atoms with van der Waals surface area (Å²) in [5, 5.41) is 11.4. The fraction of sp³-hybridized carbons (Fsp3) is 0.300. The highest BCUT2D eigenvalue weighted by Crippen LogP contribution is 2.46. The molecule has 1 aliphatic heterocycles. The highest BCUT2D eigenvalue weighted by molar-refractivity contribution is 7.10. The van der Waals surface area contributed by atoms with E-state index in [0.29, 0.717) is 0 Å². The molecule has 1 aromatic carbocycles. The van der Waals surface area contributed by atoms with Crippen LogP contribution in [0.1, 0.15) is 52.4 Å². The van der Waals surface area contributed by atoms with Crippen molar-refractivity contribution < 1.29 is 18.0 Å². The third-order valence-corrected chi connectivity index (χ3v) is 6.39. The molecule has 0 fully saturated rings. The molecule has 0 saturated heterocycles. The normalized spacial score (nSPS) is 19.6. The van der Waals surface area contributed by atoms with E-state index in [0.717, 1.165) is 15.1 Å². The van der Waals surface area contributed by atoms with Crippen molar-refractivity contribution in [2.45, 2.75) is 37.6 Å². The molecule has 0 spiro atoms. The lowest BCUT2D eigenvalue weighted by Gasteiger charge is -2.32. The van der Waals surface area contributed by atoms with Crippen LogP contribution in [0.3, 0.4) is 0 Å². The third-order valence-electron chi connectivity index (χ3n) is 5.04. The lowest BCUT2D eigenvalue weighted by atomic mass is 10.0. The number of amides is 1. The SMILES string of the molecule is C[C@H](NC(=O)c1nn2c(c1Cl)N[C@@H](c1cccs1)C[C@@H]2C(F)(F)F)c1ccccc1. The molecule has 0 unspecified atom stereocenters. The molecule has 1 amide bonds. The molecule has 10 heteroatoms. The fourth-order valence-electron chi connectivity index (χ4n) is 3.50. The number of halogens is 4. The number of anilines is 1. The Hall–Kier alpha value is -2.52. The van der Waals surface area contributed by atoms with Gasteiger partial charge >= 0.3 is 6.18 Å². The van der Waals surface area contributed by atoms with Crippen LogP contribution in [0, 0.1) is 0 Å². The number of hydrogen-bond donors (Lipinski definition) is 2. The predicted octanol–water partition coefficient (Wildman–Crippen LogP) is 5.75. The Morgan fingerprint density at radius 3 is 2.67 bits per heavy atom. The van der Waals surface area contributed by atoms with E-state index < -0.39 is 24.2 Å². The van der Waals surface area contributed by atoms with E-state index in [2.05, 4.69) is 15.7 Å². The Bertz CT molecular complexity index is 1040. The van der Waals surface area contributed by atoms with Crippen LogP contribution in [0.15, 0.2) is 47.8 Å². The predicted molar refractivity (Wildman–Crippen MR) is 110 cm³/mol. The highest BCUT2D eigenvalue weighted by Gasteiger charge is 2.48. The van der Waals surface area contributed by atoms with Gasteiger partial charge in [0.2, 0.25) is 0 Å². The number of hydrogen-bond acceptors (Lipinski definition) is 4. The van der Waals surface area contributed by atoms with E-state index in [4.69, 9.17) is 11.6 Å². The van der Waals surface area contributed by atoms with Crippen LogP contribution in [0.5, 0.6) is 0 Å². The molecule has 0 radical (unpaired) electrons. The van der Waals surface area contributed by atoms with Crippen molar-refractivity contribution in [2.75, 3.05) is 5.32 Å². The second-order valence-corrected chi connectivity index (χ2v) is 8.42. The number of rotatable bonds is 4. The zero-order chi connectivity index (χ0) is 21.5. The smallest absolute Gasteiger partial charge is 0.361 e. The van der Waals surface area contributed by atoms with Crippen molar-refractivity contribution in [1.82, 2.24) is 15.1 Å². The van der Waals surface area contributed by atoms with Crippen LogP contribution >= 0.6 is 22.9 Å². The molecular weight excluding hydrogens is 437 g/mol. The number of alkyl halides is 3. The van der Waals surface area contributed by atoms with Crippen molar-refractivity contribution in [1.29, 1.82) is 0 Å². The van der Waals surface area contributed by atoms with Gasteiger partial charge in [0.15, 0.2) is 11.7 Å². The molecule has 1 aliphatic rings. The molecule has 3 aromatic rings. The first-order chi connectivity index (χ1) is 14.3. The minimum absolute atomic E-state index is 0.00107. The number of carbonyl (C=O) groups is 1. The van der Waals surface area contributed by atoms with E-state index in [9.17, 15) is 18.0 Å². The summed E-state index contributed by atoms with van der Waals surface area (Å²) < 4.78 is 42.1. The van der Waals surface area contributed by atoms with Gasteiger partial charge in [0, 0.05) is 11.3 Å². The maximum atomic E-state index is 13.8. The van der Waals surface area contributed by atoms with Gasteiger partial charge in [-0.1, -0.05) is 48.0 Å². The van der Waals surface area contributed by atoms with Crippen molar-refractivity contribution in [3.05, 3.63) is 69.0 Å². The number of carbonyl (C=O) groups excluding carboxylic acids is 1. The topological polar surface area (TPSA) is 59.0 Å². The minimum atomic E-state index is -4.53. The van der Waals surface area contributed by atoms with Gasteiger partial charge in [0.25, 0.3) is 5.91 Å². The van der Waals surface area contributed by atoms with Gasteiger partial charge in [-0.2, -0.15) is 18.3 Å². The number of benzene rings is 1. The van der Waals surface area contributed by atoms with Crippen molar-refractivity contribution >= 4 is 34.7 Å². The first kappa shape index (κ1) is 20.7. The summed E-state index contributed by atoms with van der Waals surface area (Å²) in [7, 11) is 0. The molecule has 0 saturated carbocycles. The molecule has 2 aromatic heterocycles. The van der Waals surface area contributed by atoms with Gasteiger partial charge in [-0.05, 0) is 23.9 Å². The molecule has 30 heavy (non-hydrogen) atoms. The van der Waals surface area contributed by atoms with Gasteiger partial charge < -0.3 is 10.6 Å². The summed E-state index contributed by atoms with van der Waals surface area (Å²) in [6.07, 6.45) is -4.77. The molecule has 3 atom stereocenters. The van der Waals surface area contributed by atoms with Gasteiger partial charge in [0.1, 0.15) is 10.8 Å². The van der Waals surface area contributed by atoms with Crippen molar-refractivity contribution in [3.63, 3.8) is 0 Å². The van der Waals surface area contributed by atoms with E-state index in [-0.39, 0.29) is 29.0 Å². The first-order valence-electron chi connectivity index (χ1n) is 9.26. The van der Waals surface area contributed by atoms with Gasteiger partial charge in [-0.15, -0.1) is 11.3 Å². The summed E-state index contributed by atoms with van der Waals surface area (Å²) in [4.78, 5) is 13.5.